The van der Waals surface area contributed by atoms with Crippen molar-refractivity contribution in [2.45, 2.75) is 13.0 Å². The third-order valence-corrected chi connectivity index (χ3v) is 3.41. The highest BCUT2D eigenvalue weighted by atomic mass is 16.3. The topological polar surface area (TPSA) is 56.0 Å². The number of nitriles is 1. The molecule has 0 heterocycles. The van der Waals surface area contributed by atoms with Crippen molar-refractivity contribution in [3.05, 3.63) is 76.9 Å². The second kappa shape index (κ2) is 8.78. The van der Waals surface area contributed by atoms with E-state index in [-0.39, 0.29) is 6.61 Å². The Morgan fingerprint density at radius 2 is 1.68 bits per heavy atom. The molecule has 112 valence electrons. The first-order valence-electron chi connectivity index (χ1n) is 7.38. The van der Waals surface area contributed by atoms with Crippen molar-refractivity contribution in [3.63, 3.8) is 0 Å². The van der Waals surface area contributed by atoms with Gasteiger partial charge in [0.05, 0.1) is 18.2 Å². The molecular weight excluding hydrogens is 272 g/mol. The van der Waals surface area contributed by atoms with E-state index in [4.69, 9.17) is 10.4 Å². The van der Waals surface area contributed by atoms with Crippen molar-refractivity contribution in [2.24, 2.45) is 0 Å². The summed E-state index contributed by atoms with van der Waals surface area (Å²) in [5.74, 6) is 0. The zero-order valence-corrected chi connectivity index (χ0v) is 12.5. The molecule has 2 aromatic rings. The van der Waals surface area contributed by atoms with E-state index in [1.807, 2.05) is 42.5 Å². The number of aliphatic hydroxyl groups is 1. The molecule has 0 aliphatic rings. The Kier molecular flexibility index (Phi) is 6.38. The van der Waals surface area contributed by atoms with Gasteiger partial charge in [0.15, 0.2) is 0 Å². The van der Waals surface area contributed by atoms with Gasteiger partial charge in [-0.1, -0.05) is 48.6 Å². The van der Waals surface area contributed by atoms with Crippen LogP contribution in [0.1, 0.15) is 22.3 Å². The van der Waals surface area contributed by atoms with Gasteiger partial charge in [-0.15, -0.1) is 0 Å². The van der Waals surface area contributed by atoms with E-state index in [0.717, 1.165) is 30.6 Å². The SMILES string of the molecule is N#Cc1ccc(/C=C/CNCCc2ccc(CO)cc2)cc1. The number of hydrogen-bond acceptors (Lipinski definition) is 3. The predicted molar refractivity (Wildman–Crippen MR) is 89.1 cm³/mol. The Morgan fingerprint density at radius 3 is 2.32 bits per heavy atom. The molecule has 0 fully saturated rings. The van der Waals surface area contributed by atoms with Gasteiger partial charge in [-0.05, 0) is 41.8 Å². The summed E-state index contributed by atoms with van der Waals surface area (Å²) < 4.78 is 0. The molecule has 2 aromatic carbocycles. The molecular formula is C19H20N2O. The number of rotatable bonds is 7. The zero-order valence-electron chi connectivity index (χ0n) is 12.5. The molecule has 0 bridgehead atoms. The third kappa shape index (κ3) is 5.17. The molecule has 3 heteroatoms. The summed E-state index contributed by atoms with van der Waals surface area (Å²) in [7, 11) is 0. The fourth-order valence-electron chi connectivity index (χ4n) is 2.09. The molecule has 0 amide bonds. The highest BCUT2D eigenvalue weighted by molar-refractivity contribution is 5.51. The molecule has 2 N–H and O–H groups in total. The molecule has 0 saturated carbocycles. The van der Waals surface area contributed by atoms with Gasteiger partial charge in [0.2, 0.25) is 0 Å². The maximum absolute atomic E-state index is 8.99. The van der Waals surface area contributed by atoms with E-state index in [1.165, 1.54) is 5.56 Å². The first kappa shape index (κ1) is 16.0. The van der Waals surface area contributed by atoms with Crippen LogP contribution in [0.3, 0.4) is 0 Å². The molecule has 0 aromatic heterocycles. The summed E-state index contributed by atoms with van der Waals surface area (Å²) in [6.07, 6.45) is 5.09. The largest absolute Gasteiger partial charge is 0.392 e. The summed E-state index contributed by atoms with van der Waals surface area (Å²) in [4.78, 5) is 0. The summed E-state index contributed by atoms with van der Waals surface area (Å²) >= 11 is 0. The molecule has 0 aliphatic carbocycles. The van der Waals surface area contributed by atoms with Crippen molar-refractivity contribution in [2.75, 3.05) is 13.1 Å². The molecule has 3 nitrogen and oxygen atoms in total. The summed E-state index contributed by atoms with van der Waals surface area (Å²) in [5.41, 5.74) is 3.99. The molecule has 0 atom stereocenters. The third-order valence-electron chi connectivity index (χ3n) is 3.41. The minimum atomic E-state index is 0.0959. The maximum Gasteiger partial charge on any atom is 0.0991 e. The molecule has 22 heavy (non-hydrogen) atoms. The van der Waals surface area contributed by atoms with E-state index >= 15 is 0 Å². The average molecular weight is 292 g/mol. The van der Waals surface area contributed by atoms with Gasteiger partial charge >= 0.3 is 0 Å². The molecule has 0 radical (unpaired) electrons. The Bertz CT molecular complexity index is 637. The first-order valence-corrected chi connectivity index (χ1v) is 7.38. The van der Waals surface area contributed by atoms with Crippen LogP contribution in [-0.4, -0.2) is 18.2 Å². The van der Waals surface area contributed by atoms with Crippen molar-refractivity contribution in [3.8, 4) is 6.07 Å². The van der Waals surface area contributed by atoms with Gasteiger partial charge in [-0.3, -0.25) is 0 Å². The van der Waals surface area contributed by atoms with Crippen LogP contribution in [0.25, 0.3) is 6.08 Å². The summed E-state index contributed by atoms with van der Waals surface area (Å²) in [6, 6.07) is 17.7. The minimum Gasteiger partial charge on any atom is -0.392 e. The van der Waals surface area contributed by atoms with Crippen LogP contribution < -0.4 is 5.32 Å². The molecule has 0 unspecified atom stereocenters. The van der Waals surface area contributed by atoms with Gasteiger partial charge in [-0.2, -0.15) is 5.26 Å². The summed E-state index contributed by atoms with van der Waals surface area (Å²) in [5, 5.41) is 21.1. The second-order valence-corrected chi connectivity index (χ2v) is 5.06. The Hall–Kier alpha value is -2.41. The fraction of sp³-hybridized carbons (Fsp3) is 0.211. The Balaban J connectivity index is 1.67. The predicted octanol–water partition coefficient (Wildman–Crippen LogP) is 2.90. The van der Waals surface area contributed by atoms with E-state index < -0.39 is 0 Å². The second-order valence-electron chi connectivity index (χ2n) is 5.06. The number of hydrogen-bond donors (Lipinski definition) is 2. The lowest BCUT2D eigenvalue weighted by atomic mass is 10.1. The van der Waals surface area contributed by atoms with Crippen molar-refractivity contribution in [1.82, 2.24) is 5.32 Å². The number of aliphatic hydroxyl groups excluding tert-OH is 1. The highest BCUT2D eigenvalue weighted by Gasteiger charge is 1.94. The van der Waals surface area contributed by atoms with Crippen molar-refractivity contribution < 1.29 is 5.11 Å². The van der Waals surface area contributed by atoms with Crippen LogP contribution in [0.2, 0.25) is 0 Å². The van der Waals surface area contributed by atoms with Gasteiger partial charge in [-0.25, -0.2) is 0 Å². The van der Waals surface area contributed by atoms with E-state index in [0.29, 0.717) is 5.56 Å². The van der Waals surface area contributed by atoms with Crippen LogP contribution >= 0.6 is 0 Å². The Labute approximate surface area is 131 Å². The smallest absolute Gasteiger partial charge is 0.0991 e. The summed E-state index contributed by atoms with van der Waals surface area (Å²) in [6.45, 7) is 1.82. The van der Waals surface area contributed by atoms with E-state index in [2.05, 4.69) is 29.6 Å². The molecule has 0 saturated heterocycles. The van der Waals surface area contributed by atoms with E-state index in [1.54, 1.807) is 0 Å². The van der Waals surface area contributed by atoms with Crippen LogP contribution in [0, 0.1) is 11.3 Å². The van der Waals surface area contributed by atoms with Gasteiger partial charge in [0, 0.05) is 6.54 Å². The van der Waals surface area contributed by atoms with E-state index in [9.17, 15) is 0 Å². The lowest BCUT2D eigenvalue weighted by molar-refractivity contribution is 0.282. The fourth-order valence-corrected chi connectivity index (χ4v) is 2.09. The molecule has 0 spiro atoms. The zero-order chi connectivity index (χ0) is 15.6. The monoisotopic (exact) mass is 292 g/mol. The van der Waals surface area contributed by atoms with Crippen molar-refractivity contribution >= 4 is 6.08 Å². The van der Waals surface area contributed by atoms with Crippen LogP contribution in [0.15, 0.2) is 54.6 Å². The minimum absolute atomic E-state index is 0.0959. The first-order chi connectivity index (χ1) is 10.8. The lowest BCUT2D eigenvalue weighted by Gasteiger charge is -2.03. The quantitative estimate of drug-likeness (QED) is 0.772. The number of benzene rings is 2. The van der Waals surface area contributed by atoms with Crippen LogP contribution in [-0.2, 0) is 13.0 Å². The number of nitrogens with one attached hydrogen (secondary N) is 1. The maximum atomic E-state index is 8.99. The highest BCUT2D eigenvalue weighted by Crippen LogP contribution is 2.05. The van der Waals surface area contributed by atoms with Gasteiger partial charge in [0.1, 0.15) is 0 Å². The lowest BCUT2D eigenvalue weighted by Crippen LogP contribution is -2.16. The normalized spacial score (nSPS) is 10.7. The van der Waals surface area contributed by atoms with Crippen molar-refractivity contribution in [1.29, 1.82) is 5.26 Å². The van der Waals surface area contributed by atoms with Gasteiger partial charge in [0.25, 0.3) is 0 Å². The van der Waals surface area contributed by atoms with Crippen LogP contribution in [0.4, 0.5) is 0 Å². The standard InChI is InChI=1S/C19H20N2O/c20-14-18-7-3-16(4-8-18)2-1-12-21-13-11-17-5-9-19(15-22)10-6-17/h1-10,21-22H,11-13,15H2/b2-1+. The molecule has 0 aliphatic heterocycles. The Morgan fingerprint density at radius 1 is 1.00 bits per heavy atom. The van der Waals surface area contributed by atoms with Gasteiger partial charge < -0.3 is 10.4 Å². The average Bonchev–Trinajstić information content (AvgIpc) is 2.59. The number of nitrogens with zero attached hydrogens (tertiary/aromatic N) is 1. The molecule has 2 rings (SSSR count). The van der Waals surface area contributed by atoms with Crippen LogP contribution in [0.5, 0.6) is 0 Å².